The monoisotopic (exact) mass is 310 g/mol. The number of rotatable bonds is 5. The quantitative estimate of drug-likeness (QED) is 0.649. The summed E-state index contributed by atoms with van der Waals surface area (Å²) in [4.78, 5) is 23.3. The van der Waals surface area contributed by atoms with Gasteiger partial charge in [0.05, 0.1) is 5.94 Å². The summed E-state index contributed by atoms with van der Waals surface area (Å²) in [7, 11) is -1.05. The largest absolute Gasteiger partial charge is 0.478 e. The molecule has 1 saturated carbocycles. The van der Waals surface area contributed by atoms with Gasteiger partial charge in [0.15, 0.2) is 0 Å². The molecular formula is C15H27BN2O4. The van der Waals surface area contributed by atoms with Crippen LogP contribution in [-0.2, 0) is 14.2 Å². The van der Waals surface area contributed by atoms with Crippen LogP contribution in [0.5, 0.6) is 0 Å². The van der Waals surface area contributed by atoms with Gasteiger partial charge in [0.2, 0.25) is 5.91 Å². The zero-order chi connectivity index (χ0) is 16.2. The maximum absolute atomic E-state index is 12.2. The number of carbonyl (C=O) groups excluding carboxylic acids is 2. The average molecular weight is 310 g/mol. The van der Waals surface area contributed by atoms with Crippen LogP contribution in [0.2, 0.25) is 0 Å². The van der Waals surface area contributed by atoms with E-state index in [0.29, 0.717) is 25.7 Å². The first kappa shape index (κ1) is 17.4. The van der Waals surface area contributed by atoms with E-state index in [1.807, 2.05) is 0 Å². The third-order valence-electron chi connectivity index (χ3n) is 4.70. The molecular weight excluding hydrogens is 283 g/mol. The molecule has 2 aliphatic rings. The van der Waals surface area contributed by atoms with Gasteiger partial charge in [0.25, 0.3) is 0 Å². The van der Waals surface area contributed by atoms with Crippen LogP contribution in [0.4, 0.5) is 0 Å². The van der Waals surface area contributed by atoms with Crippen LogP contribution in [0.25, 0.3) is 0 Å². The maximum atomic E-state index is 12.2. The first-order valence-corrected chi connectivity index (χ1v) is 8.29. The van der Waals surface area contributed by atoms with Gasteiger partial charge in [-0.3, -0.25) is 9.59 Å². The van der Waals surface area contributed by atoms with E-state index in [9.17, 15) is 14.6 Å². The summed E-state index contributed by atoms with van der Waals surface area (Å²) < 4.78 is 5.41. The highest BCUT2D eigenvalue weighted by Gasteiger charge is 2.37. The maximum Gasteiger partial charge on any atom is 0.478 e. The van der Waals surface area contributed by atoms with Crippen molar-refractivity contribution >= 4 is 18.8 Å². The molecule has 124 valence electrons. The lowest BCUT2D eigenvalue weighted by Gasteiger charge is -2.35. The van der Waals surface area contributed by atoms with Crippen molar-refractivity contribution < 1.29 is 19.3 Å². The van der Waals surface area contributed by atoms with Crippen molar-refractivity contribution in [1.82, 2.24) is 5.32 Å². The number of carbonyl (C=O) groups is 2. The fraction of sp³-hybridized carbons (Fsp3) is 0.867. The van der Waals surface area contributed by atoms with E-state index >= 15 is 0 Å². The second kappa shape index (κ2) is 7.57. The van der Waals surface area contributed by atoms with Crippen molar-refractivity contribution in [3.05, 3.63) is 0 Å². The molecule has 0 aromatic carbocycles. The second-order valence-electron chi connectivity index (χ2n) is 6.91. The van der Waals surface area contributed by atoms with E-state index in [4.69, 9.17) is 10.4 Å². The Kier molecular flexibility index (Phi) is 6.00. The Morgan fingerprint density at radius 3 is 2.59 bits per heavy atom. The van der Waals surface area contributed by atoms with Crippen LogP contribution in [0.15, 0.2) is 0 Å². The number of hydrogen-bond acceptors (Lipinski definition) is 5. The van der Waals surface area contributed by atoms with Crippen LogP contribution >= 0.6 is 0 Å². The Morgan fingerprint density at radius 2 is 2.00 bits per heavy atom. The molecule has 0 radical (unpaired) electrons. The van der Waals surface area contributed by atoms with Crippen LogP contribution in [-0.4, -0.2) is 41.4 Å². The number of ketones is 1. The van der Waals surface area contributed by atoms with E-state index < -0.39 is 18.6 Å². The Labute approximate surface area is 132 Å². The molecule has 2 atom stereocenters. The fourth-order valence-electron chi connectivity index (χ4n) is 3.49. The molecule has 7 heteroatoms. The summed E-state index contributed by atoms with van der Waals surface area (Å²) in [5, 5.41) is 12.8. The van der Waals surface area contributed by atoms with Crippen molar-refractivity contribution in [3.8, 4) is 0 Å². The predicted octanol–water partition coefficient (Wildman–Crippen LogP) is 0.701. The van der Waals surface area contributed by atoms with Crippen molar-refractivity contribution in [2.24, 2.45) is 5.73 Å². The Hall–Kier alpha value is -0.915. The highest BCUT2D eigenvalue weighted by molar-refractivity contribution is 6.45. The van der Waals surface area contributed by atoms with Gasteiger partial charge in [-0.1, -0.05) is 19.3 Å². The molecule has 6 nitrogen and oxygen atoms in total. The summed E-state index contributed by atoms with van der Waals surface area (Å²) in [6.45, 7) is 1.51. The van der Waals surface area contributed by atoms with Gasteiger partial charge < -0.3 is 20.7 Å². The number of nitrogens with one attached hydrogen (secondary N) is 1. The van der Waals surface area contributed by atoms with Gasteiger partial charge >= 0.3 is 7.12 Å². The lowest BCUT2D eigenvalue weighted by atomic mass is 9.71. The van der Waals surface area contributed by atoms with Crippen LogP contribution < -0.4 is 11.1 Å². The van der Waals surface area contributed by atoms with E-state index in [0.717, 1.165) is 25.7 Å². The topological polar surface area (TPSA) is 102 Å². The molecule has 1 amide bonds. The second-order valence-corrected chi connectivity index (χ2v) is 6.91. The highest BCUT2D eigenvalue weighted by Crippen LogP contribution is 2.28. The zero-order valence-corrected chi connectivity index (χ0v) is 13.3. The van der Waals surface area contributed by atoms with E-state index in [-0.39, 0.29) is 17.8 Å². The van der Waals surface area contributed by atoms with Gasteiger partial charge in [-0.15, -0.1) is 0 Å². The molecule has 1 saturated heterocycles. The van der Waals surface area contributed by atoms with E-state index in [1.165, 1.54) is 13.3 Å². The molecule has 1 aliphatic heterocycles. The lowest BCUT2D eigenvalue weighted by molar-refractivity contribution is -0.124. The third-order valence-corrected chi connectivity index (χ3v) is 4.70. The standard InChI is InChI=1S/C15H27BN2O4/c1-11(19)9-12-5-6-13(16(21)22-12)18-14(20)10-15(17)7-3-2-4-8-15/h12-13,21H,2-10,17H2,1H3,(H,18,20)/t12-,13-/m0/s1. The number of hydrogen-bond donors (Lipinski definition) is 3. The molecule has 1 aliphatic carbocycles. The normalized spacial score (nSPS) is 28.2. The minimum Gasteiger partial charge on any atom is -0.426 e. The summed E-state index contributed by atoms with van der Waals surface area (Å²) in [5.41, 5.74) is 5.88. The first-order valence-electron chi connectivity index (χ1n) is 8.29. The van der Waals surface area contributed by atoms with Gasteiger partial charge in [0.1, 0.15) is 5.78 Å². The molecule has 0 spiro atoms. The minimum atomic E-state index is -1.05. The molecule has 2 rings (SSSR count). The molecule has 1 heterocycles. The van der Waals surface area contributed by atoms with Gasteiger partial charge in [-0.2, -0.15) is 0 Å². The van der Waals surface area contributed by atoms with Crippen LogP contribution in [0.1, 0.15) is 64.7 Å². The Balaban J connectivity index is 1.78. The summed E-state index contributed by atoms with van der Waals surface area (Å²) in [5.74, 6) is -0.493. The summed E-state index contributed by atoms with van der Waals surface area (Å²) in [6, 6.07) is 0. The smallest absolute Gasteiger partial charge is 0.426 e. The zero-order valence-electron chi connectivity index (χ0n) is 13.3. The molecule has 2 fully saturated rings. The lowest BCUT2D eigenvalue weighted by Crippen LogP contribution is -2.55. The van der Waals surface area contributed by atoms with Crippen molar-refractivity contribution in [2.75, 3.05) is 0 Å². The number of amides is 1. The number of Topliss-reactive ketones (excluding diaryl/α,β-unsaturated/α-hetero) is 1. The molecule has 4 N–H and O–H groups in total. The summed E-state index contributed by atoms with van der Waals surface area (Å²) in [6.07, 6.45) is 6.73. The predicted molar refractivity (Wildman–Crippen MR) is 83.9 cm³/mol. The molecule has 0 aromatic heterocycles. The highest BCUT2D eigenvalue weighted by atomic mass is 16.5. The minimum absolute atomic E-state index is 0.0436. The fourth-order valence-corrected chi connectivity index (χ4v) is 3.49. The molecule has 0 aromatic rings. The molecule has 22 heavy (non-hydrogen) atoms. The average Bonchev–Trinajstić information content (AvgIpc) is 2.41. The van der Waals surface area contributed by atoms with Gasteiger partial charge in [-0.05, 0) is 32.6 Å². The number of nitrogens with two attached hydrogens (primary N) is 1. The third kappa shape index (κ3) is 5.07. The van der Waals surface area contributed by atoms with E-state index in [1.54, 1.807) is 0 Å². The van der Waals surface area contributed by atoms with Gasteiger partial charge in [0, 0.05) is 24.5 Å². The van der Waals surface area contributed by atoms with Crippen LogP contribution in [0, 0.1) is 0 Å². The van der Waals surface area contributed by atoms with Crippen molar-refractivity contribution in [1.29, 1.82) is 0 Å². The first-order chi connectivity index (χ1) is 10.4. The molecule has 0 unspecified atom stereocenters. The van der Waals surface area contributed by atoms with Gasteiger partial charge in [-0.25, -0.2) is 0 Å². The Morgan fingerprint density at radius 1 is 1.32 bits per heavy atom. The van der Waals surface area contributed by atoms with E-state index in [2.05, 4.69) is 5.32 Å². The van der Waals surface area contributed by atoms with Crippen molar-refractivity contribution in [3.63, 3.8) is 0 Å². The SMILES string of the molecule is CC(=O)C[C@@H]1CC[C@H](NC(=O)CC2(N)CCCCC2)B(O)O1. The summed E-state index contributed by atoms with van der Waals surface area (Å²) >= 11 is 0. The van der Waals surface area contributed by atoms with Crippen LogP contribution in [0.3, 0.4) is 0 Å². The van der Waals surface area contributed by atoms with Crippen molar-refractivity contribution in [2.45, 2.75) is 82.3 Å². The molecule has 0 bridgehead atoms. The Bertz CT molecular complexity index is 412.